The highest BCUT2D eigenvalue weighted by molar-refractivity contribution is 5.88. The van der Waals surface area contributed by atoms with Gasteiger partial charge in [0.2, 0.25) is 5.91 Å². The molecule has 0 aliphatic rings. The van der Waals surface area contributed by atoms with Crippen LogP contribution >= 0.6 is 12.4 Å². The summed E-state index contributed by atoms with van der Waals surface area (Å²) in [6.07, 6.45) is 1.40. The first kappa shape index (κ1) is 18.3. The summed E-state index contributed by atoms with van der Waals surface area (Å²) in [5, 5.41) is 8.15. The molecule has 0 unspecified atom stereocenters. The van der Waals surface area contributed by atoms with Crippen molar-refractivity contribution in [2.24, 2.45) is 0 Å². The van der Waals surface area contributed by atoms with Gasteiger partial charge in [0.05, 0.1) is 6.54 Å². The Hall–Kier alpha value is -1.78. The van der Waals surface area contributed by atoms with Crippen molar-refractivity contribution in [3.63, 3.8) is 0 Å². The number of amides is 1. The molecule has 0 aliphatic carbocycles. The standard InChI is InChI=1S/C17H22N2O2.ClH/c1-18-11-5-10-17(20)19-12-13-21-16-9-4-7-14-6-2-3-8-15(14)16;/h2-4,6-9,18H,5,10-13H2,1H3,(H,19,20);1H. The number of benzene rings is 2. The van der Waals surface area contributed by atoms with Crippen LogP contribution in [0.15, 0.2) is 42.5 Å². The summed E-state index contributed by atoms with van der Waals surface area (Å²) in [7, 11) is 1.88. The van der Waals surface area contributed by atoms with Gasteiger partial charge in [0.15, 0.2) is 0 Å². The first-order valence-electron chi connectivity index (χ1n) is 7.33. The van der Waals surface area contributed by atoms with Crippen molar-refractivity contribution in [2.45, 2.75) is 12.8 Å². The minimum absolute atomic E-state index is 0. The van der Waals surface area contributed by atoms with Crippen molar-refractivity contribution in [1.29, 1.82) is 0 Å². The molecule has 5 heteroatoms. The van der Waals surface area contributed by atoms with Crippen LogP contribution in [0, 0.1) is 0 Å². The number of hydrogen-bond donors (Lipinski definition) is 2. The van der Waals surface area contributed by atoms with E-state index in [1.807, 2.05) is 37.4 Å². The van der Waals surface area contributed by atoms with Gasteiger partial charge in [-0.1, -0.05) is 36.4 Å². The van der Waals surface area contributed by atoms with Crippen LogP contribution in [0.4, 0.5) is 0 Å². The summed E-state index contributed by atoms with van der Waals surface area (Å²) in [6.45, 7) is 1.87. The molecule has 0 aromatic heterocycles. The fourth-order valence-electron chi connectivity index (χ4n) is 2.19. The number of carbonyl (C=O) groups excluding carboxylic acids is 1. The van der Waals surface area contributed by atoms with E-state index in [0.717, 1.165) is 29.5 Å². The zero-order chi connectivity index (χ0) is 14.9. The third kappa shape index (κ3) is 5.54. The van der Waals surface area contributed by atoms with E-state index in [0.29, 0.717) is 19.6 Å². The van der Waals surface area contributed by atoms with Crippen LogP contribution in [0.5, 0.6) is 5.75 Å². The van der Waals surface area contributed by atoms with E-state index in [1.165, 1.54) is 0 Å². The van der Waals surface area contributed by atoms with Gasteiger partial charge in [0, 0.05) is 11.8 Å². The van der Waals surface area contributed by atoms with E-state index >= 15 is 0 Å². The van der Waals surface area contributed by atoms with E-state index < -0.39 is 0 Å². The van der Waals surface area contributed by atoms with Gasteiger partial charge in [-0.25, -0.2) is 0 Å². The lowest BCUT2D eigenvalue weighted by atomic mass is 10.1. The lowest BCUT2D eigenvalue weighted by Gasteiger charge is -2.10. The van der Waals surface area contributed by atoms with Gasteiger partial charge in [-0.2, -0.15) is 0 Å². The second-order valence-electron chi connectivity index (χ2n) is 4.88. The van der Waals surface area contributed by atoms with E-state index in [1.54, 1.807) is 0 Å². The number of ether oxygens (including phenoxy) is 1. The molecule has 2 aromatic rings. The Kier molecular flexibility index (Phi) is 8.33. The zero-order valence-corrected chi connectivity index (χ0v) is 13.6. The van der Waals surface area contributed by atoms with E-state index in [-0.39, 0.29) is 18.3 Å². The highest BCUT2D eigenvalue weighted by Crippen LogP contribution is 2.24. The fraction of sp³-hybridized carbons (Fsp3) is 0.353. The van der Waals surface area contributed by atoms with Crippen molar-refractivity contribution in [2.75, 3.05) is 26.7 Å². The number of hydrogen-bond acceptors (Lipinski definition) is 3. The fourth-order valence-corrected chi connectivity index (χ4v) is 2.19. The Morgan fingerprint density at radius 3 is 2.68 bits per heavy atom. The summed E-state index contributed by atoms with van der Waals surface area (Å²) in [6, 6.07) is 14.1. The summed E-state index contributed by atoms with van der Waals surface area (Å²) in [5.41, 5.74) is 0. The van der Waals surface area contributed by atoms with Gasteiger partial charge < -0.3 is 15.4 Å². The first-order chi connectivity index (χ1) is 10.3. The monoisotopic (exact) mass is 322 g/mol. The molecule has 2 aromatic carbocycles. The third-order valence-corrected chi connectivity index (χ3v) is 3.26. The van der Waals surface area contributed by atoms with Gasteiger partial charge in [-0.05, 0) is 31.5 Å². The Morgan fingerprint density at radius 2 is 1.86 bits per heavy atom. The van der Waals surface area contributed by atoms with Crippen molar-refractivity contribution >= 4 is 29.1 Å². The van der Waals surface area contributed by atoms with Gasteiger partial charge in [-0.15, -0.1) is 12.4 Å². The third-order valence-electron chi connectivity index (χ3n) is 3.26. The van der Waals surface area contributed by atoms with Crippen molar-refractivity contribution < 1.29 is 9.53 Å². The molecule has 1 amide bonds. The largest absolute Gasteiger partial charge is 0.491 e. The van der Waals surface area contributed by atoms with Crippen LogP contribution in [-0.2, 0) is 4.79 Å². The molecule has 0 fully saturated rings. The molecule has 0 saturated carbocycles. The molecule has 0 heterocycles. The Labute approximate surface area is 137 Å². The number of nitrogens with one attached hydrogen (secondary N) is 2. The topological polar surface area (TPSA) is 50.4 Å². The quantitative estimate of drug-likeness (QED) is 0.735. The average Bonchev–Trinajstić information content (AvgIpc) is 2.52. The molecule has 0 radical (unpaired) electrons. The molecule has 0 aliphatic heterocycles. The predicted octanol–water partition coefficient (Wildman–Crippen LogP) is 2.76. The molecular formula is C17H23ClN2O2. The van der Waals surface area contributed by atoms with Crippen LogP contribution in [-0.4, -0.2) is 32.7 Å². The summed E-state index contributed by atoms with van der Waals surface area (Å²) in [5.74, 6) is 0.935. The second-order valence-corrected chi connectivity index (χ2v) is 4.88. The average molecular weight is 323 g/mol. The number of carbonyl (C=O) groups is 1. The second kappa shape index (κ2) is 10.0. The van der Waals surface area contributed by atoms with Crippen LogP contribution in [0.1, 0.15) is 12.8 Å². The lowest BCUT2D eigenvalue weighted by Crippen LogP contribution is -2.28. The van der Waals surface area contributed by atoms with Gasteiger partial charge in [0.1, 0.15) is 12.4 Å². The summed E-state index contributed by atoms with van der Waals surface area (Å²) < 4.78 is 5.77. The minimum atomic E-state index is 0. The van der Waals surface area contributed by atoms with Crippen LogP contribution in [0.25, 0.3) is 10.8 Å². The molecule has 4 nitrogen and oxygen atoms in total. The Bertz CT molecular complexity index is 584. The molecule has 22 heavy (non-hydrogen) atoms. The summed E-state index contributed by atoms with van der Waals surface area (Å²) >= 11 is 0. The normalized spacial score (nSPS) is 10.0. The van der Waals surface area contributed by atoms with Crippen molar-refractivity contribution in [3.8, 4) is 5.75 Å². The van der Waals surface area contributed by atoms with E-state index in [9.17, 15) is 4.79 Å². The SMILES string of the molecule is CNCCCC(=O)NCCOc1cccc2ccccc12.Cl. The smallest absolute Gasteiger partial charge is 0.220 e. The molecular weight excluding hydrogens is 300 g/mol. The van der Waals surface area contributed by atoms with E-state index in [2.05, 4.69) is 22.8 Å². The van der Waals surface area contributed by atoms with Gasteiger partial charge in [0.25, 0.3) is 0 Å². The lowest BCUT2D eigenvalue weighted by molar-refractivity contribution is -0.121. The Morgan fingerprint density at radius 1 is 1.09 bits per heavy atom. The molecule has 2 rings (SSSR count). The molecule has 0 saturated heterocycles. The molecule has 0 bridgehead atoms. The molecule has 0 spiro atoms. The van der Waals surface area contributed by atoms with Crippen LogP contribution in [0.2, 0.25) is 0 Å². The number of rotatable bonds is 8. The Balaban J connectivity index is 0.00000242. The van der Waals surface area contributed by atoms with Crippen LogP contribution < -0.4 is 15.4 Å². The molecule has 0 atom stereocenters. The number of halogens is 1. The van der Waals surface area contributed by atoms with Crippen molar-refractivity contribution in [1.82, 2.24) is 10.6 Å². The predicted molar refractivity (Wildman–Crippen MR) is 92.9 cm³/mol. The van der Waals surface area contributed by atoms with Crippen molar-refractivity contribution in [3.05, 3.63) is 42.5 Å². The maximum absolute atomic E-state index is 11.5. The minimum Gasteiger partial charge on any atom is -0.491 e. The first-order valence-corrected chi connectivity index (χ1v) is 7.33. The molecule has 2 N–H and O–H groups in total. The van der Waals surface area contributed by atoms with Crippen LogP contribution in [0.3, 0.4) is 0 Å². The van der Waals surface area contributed by atoms with E-state index in [4.69, 9.17) is 4.74 Å². The zero-order valence-electron chi connectivity index (χ0n) is 12.8. The maximum atomic E-state index is 11.5. The maximum Gasteiger partial charge on any atom is 0.220 e. The highest BCUT2D eigenvalue weighted by atomic mass is 35.5. The molecule has 120 valence electrons. The number of fused-ring (bicyclic) bond motifs is 1. The van der Waals surface area contributed by atoms with Gasteiger partial charge >= 0.3 is 0 Å². The summed E-state index contributed by atoms with van der Waals surface area (Å²) in [4.78, 5) is 11.5. The highest BCUT2D eigenvalue weighted by Gasteiger charge is 2.02. The van der Waals surface area contributed by atoms with Gasteiger partial charge in [-0.3, -0.25) is 4.79 Å².